The highest BCUT2D eigenvalue weighted by molar-refractivity contribution is 8.13. The monoisotopic (exact) mass is 393 g/mol. The Labute approximate surface area is 168 Å². The van der Waals surface area contributed by atoms with Crippen LogP contribution in [0.1, 0.15) is 25.1 Å². The van der Waals surface area contributed by atoms with E-state index in [1.54, 1.807) is 16.8 Å². The highest BCUT2D eigenvalue weighted by atomic mass is 32.2. The number of carbonyl (C=O) groups is 1. The van der Waals surface area contributed by atoms with Gasteiger partial charge in [-0.1, -0.05) is 49.0 Å². The van der Waals surface area contributed by atoms with Crippen molar-refractivity contribution in [2.24, 2.45) is 10.1 Å². The van der Waals surface area contributed by atoms with Crippen molar-refractivity contribution in [1.82, 2.24) is 10.3 Å². The van der Waals surface area contributed by atoms with E-state index in [4.69, 9.17) is 10.1 Å². The first-order chi connectivity index (χ1) is 13.6. The summed E-state index contributed by atoms with van der Waals surface area (Å²) in [6.45, 7) is 2.11. The molecule has 1 N–H and O–H groups in total. The number of amides is 1. The van der Waals surface area contributed by atoms with Crippen molar-refractivity contribution in [1.29, 1.82) is 0 Å². The fourth-order valence-electron chi connectivity index (χ4n) is 3.25. The molecule has 4 rings (SSSR count). The fourth-order valence-corrected chi connectivity index (χ4v) is 3.96. The summed E-state index contributed by atoms with van der Waals surface area (Å²) >= 11 is 1.56. The Bertz CT molecular complexity index is 1050. The number of hydrazone groups is 1. The van der Waals surface area contributed by atoms with Crippen molar-refractivity contribution >= 4 is 34.2 Å². The molecule has 2 aliphatic heterocycles. The van der Waals surface area contributed by atoms with Crippen molar-refractivity contribution in [3.05, 3.63) is 64.7 Å². The van der Waals surface area contributed by atoms with E-state index < -0.39 is 0 Å². The lowest BCUT2D eigenvalue weighted by molar-refractivity contribution is -0.116. The van der Waals surface area contributed by atoms with Gasteiger partial charge in [-0.05, 0) is 30.2 Å². The number of anilines is 1. The summed E-state index contributed by atoms with van der Waals surface area (Å²) in [5.41, 5.74) is 2.66. The smallest absolute Gasteiger partial charge is 0.276 e. The number of hydrogen-bond acceptors (Lipinski definition) is 6. The van der Waals surface area contributed by atoms with Crippen molar-refractivity contribution < 1.29 is 4.79 Å². The Balaban J connectivity index is 1.84. The standard InChI is InChI=1S/C21H23N5OS/c1-4-13-28-21-23-20(27)18-16-7-5-6-8-17(16)22-19(26(18)24-21)14-9-11-15(12-10-14)25(2)3/h5-12,19H,4,13H2,1-3H3,(H,23,24,27). The van der Waals surface area contributed by atoms with E-state index in [9.17, 15) is 4.79 Å². The Morgan fingerprint density at radius 1 is 1.14 bits per heavy atom. The van der Waals surface area contributed by atoms with Crippen LogP contribution in [0.5, 0.6) is 0 Å². The number of nitrogens with zero attached hydrogens (tertiary/aromatic N) is 4. The van der Waals surface area contributed by atoms with Crippen molar-refractivity contribution in [2.45, 2.75) is 19.5 Å². The van der Waals surface area contributed by atoms with Gasteiger partial charge in [0.25, 0.3) is 5.91 Å². The Hall–Kier alpha value is -2.80. The van der Waals surface area contributed by atoms with Gasteiger partial charge in [0.15, 0.2) is 11.3 Å². The Kier molecular flexibility index (Phi) is 5.09. The van der Waals surface area contributed by atoms with Crippen molar-refractivity contribution in [3.63, 3.8) is 0 Å². The molecule has 2 aromatic carbocycles. The normalized spacial score (nSPS) is 17.9. The van der Waals surface area contributed by atoms with Crippen LogP contribution in [0.2, 0.25) is 0 Å². The summed E-state index contributed by atoms with van der Waals surface area (Å²) < 4.78 is 0. The van der Waals surface area contributed by atoms with E-state index in [0.29, 0.717) is 10.9 Å². The van der Waals surface area contributed by atoms with Crippen LogP contribution in [0.15, 0.2) is 58.6 Å². The number of para-hydroxylation sites is 1. The van der Waals surface area contributed by atoms with Crippen LogP contribution in [0.4, 0.5) is 5.69 Å². The molecule has 6 nitrogen and oxygen atoms in total. The molecule has 0 aliphatic carbocycles. The molecule has 0 saturated carbocycles. The summed E-state index contributed by atoms with van der Waals surface area (Å²) in [4.78, 5) is 19.9. The van der Waals surface area contributed by atoms with Gasteiger partial charge < -0.3 is 4.90 Å². The SMILES string of the molecule is CCCSC1=NN2C(=c3ccccc3=NC2c2ccc(N(C)C)cc2)C(=O)N1. The first kappa shape index (κ1) is 18.6. The maximum atomic E-state index is 13.0. The quantitative estimate of drug-likeness (QED) is 0.864. The number of rotatable bonds is 4. The van der Waals surface area contributed by atoms with Crippen LogP contribution < -0.4 is 20.8 Å². The summed E-state index contributed by atoms with van der Waals surface area (Å²) in [6, 6.07) is 16.0. The summed E-state index contributed by atoms with van der Waals surface area (Å²) in [7, 11) is 4.03. The lowest BCUT2D eigenvalue weighted by atomic mass is 10.1. The molecule has 0 radical (unpaired) electrons. The molecular weight excluding hydrogens is 370 g/mol. The molecule has 0 bridgehead atoms. The third kappa shape index (κ3) is 3.38. The minimum absolute atomic E-state index is 0.133. The van der Waals surface area contributed by atoms with Crippen molar-refractivity contribution in [2.75, 3.05) is 24.7 Å². The molecule has 2 aliphatic rings. The van der Waals surface area contributed by atoms with Gasteiger partial charge >= 0.3 is 0 Å². The van der Waals surface area contributed by atoms with Crippen LogP contribution in [0.3, 0.4) is 0 Å². The van der Waals surface area contributed by atoms with Crippen molar-refractivity contribution in [3.8, 4) is 0 Å². The molecule has 2 heterocycles. The fraction of sp³-hybridized carbons (Fsp3) is 0.286. The minimum Gasteiger partial charge on any atom is -0.378 e. The molecule has 1 atom stereocenters. The maximum absolute atomic E-state index is 13.0. The maximum Gasteiger partial charge on any atom is 0.276 e. The third-order valence-electron chi connectivity index (χ3n) is 4.67. The highest BCUT2D eigenvalue weighted by Gasteiger charge is 2.34. The average Bonchev–Trinajstić information content (AvgIpc) is 2.71. The number of fused-ring (bicyclic) bond motifs is 2. The van der Waals surface area contributed by atoms with Gasteiger partial charge in [-0.2, -0.15) is 0 Å². The molecule has 144 valence electrons. The second-order valence-electron chi connectivity index (χ2n) is 6.91. The van der Waals surface area contributed by atoms with E-state index >= 15 is 0 Å². The minimum atomic E-state index is -0.371. The first-order valence-electron chi connectivity index (χ1n) is 9.35. The van der Waals surface area contributed by atoms with E-state index in [1.807, 2.05) is 38.4 Å². The molecule has 0 saturated heterocycles. The zero-order valence-corrected chi connectivity index (χ0v) is 17.0. The summed E-state index contributed by atoms with van der Waals surface area (Å²) in [5, 5.41) is 11.7. The Morgan fingerprint density at radius 2 is 1.89 bits per heavy atom. The van der Waals surface area contributed by atoms with Gasteiger partial charge in [-0.3, -0.25) is 15.1 Å². The predicted octanol–water partition coefficient (Wildman–Crippen LogP) is 2.04. The van der Waals surface area contributed by atoms with Gasteiger partial charge in [0.2, 0.25) is 0 Å². The molecule has 2 aromatic rings. The molecule has 1 unspecified atom stereocenters. The van der Waals surface area contributed by atoms with Crippen LogP contribution in [0, 0.1) is 0 Å². The van der Waals surface area contributed by atoms with Gasteiger partial charge in [0.05, 0.1) is 5.36 Å². The molecular formula is C21H23N5OS. The van der Waals surface area contributed by atoms with Gasteiger partial charge in [0, 0.05) is 30.8 Å². The van der Waals surface area contributed by atoms with Crippen LogP contribution in [-0.4, -0.2) is 35.9 Å². The molecule has 0 fully saturated rings. The zero-order valence-electron chi connectivity index (χ0n) is 16.2. The number of carbonyl (C=O) groups excluding carboxylic acids is 1. The molecule has 28 heavy (non-hydrogen) atoms. The van der Waals surface area contributed by atoms with E-state index in [0.717, 1.165) is 34.0 Å². The number of hydrogen-bond donors (Lipinski definition) is 1. The highest BCUT2D eigenvalue weighted by Crippen LogP contribution is 2.31. The van der Waals surface area contributed by atoms with E-state index in [1.165, 1.54) is 0 Å². The van der Waals surface area contributed by atoms with Gasteiger partial charge in [-0.25, -0.2) is 5.01 Å². The molecule has 7 heteroatoms. The zero-order chi connectivity index (χ0) is 19.7. The number of benzene rings is 2. The van der Waals surface area contributed by atoms with Crippen LogP contribution >= 0.6 is 11.8 Å². The van der Waals surface area contributed by atoms with Crippen LogP contribution in [-0.2, 0) is 4.79 Å². The molecule has 1 amide bonds. The lowest BCUT2D eigenvalue weighted by Gasteiger charge is -2.34. The molecule has 0 aromatic heterocycles. The third-order valence-corrected chi connectivity index (χ3v) is 5.74. The molecule has 0 spiro atoms. The second kappa shape index (κ2) is 7.67. The number of amidine groups is 1. The lowest BCUT2D eigenvalue weighted by Crippen LogP contribution is -2.50. The topological polar surface area (TPSA) is 60.3 Å². The van der Waals surface area contributed by atoms with Crippen LogP contribution in [0.25, 0.3) is 5.70 Å². The predicted molar refractivity (Wildman–Crippen MR) is 114 cm³/mol. The van der Waals surface area contributed by atoms with E-state index in [2.05, 4.69) is 41.4 Å². The van der Waals surface area contributed by atoms with E-state index in [-0.39, 0.29) is 12.1 Å². The number of thioether (sulfide) groups is 1. The Morgan fingerprint density at radius 3 is 2.61 bits per heavy atom. The largest absolute Gasteiger partial charge is 0.378 e. The van der Waals surface area contributed by atoms with Gasteiger partial charge in [-0.15, -0.1) is 5.10 Å². The first-order valence-corrected chi connectivity index (χ1v) is 10.3. The average molecular weight is 394 g/mol. The number of nitrogens with one attached hydrogen (secondary N) is 1. The van der Waals surface area contributed by atoms with Gasteiger partial charge in [0.1, 0.15) is 5.70 Å². The summed E-state index contributed by atoms with van der Waals surface area (Å²) in [5.74, 6) is 0.768. The second-order valence-corrected chi connectivity index (χ2v) is 7.99. The summed E-state index contributed by atoms with van der Waals surface area (Å²) in [6.07, 6.45) is 0.642.